The summed E-state index contributed by atoms with van der Waals surface area (Å²) in [5.41, 5.74) is 3.55. The van der Waals surface area contributed by atoms with Gasteiger partial charge in [0.05, 0.1) is 28.9 Å². The smallest absolute Gasteiger partial charge is 0.0960 e. The first-order chi connectivity index (χ1) is 7.58. The van der Waals surface area contributed by atoms with Crippen LogP contribution in [-0.2, 0) is 4.84 Å². The molecule has 1 aromatic rings. The van der Waals surface area contributed by atoms with Crippen molar-refractivity contribution in [2.75, 3.05) is 18.2 Å². The van der Waals surface area contributed by atoms with Crippen LogP contribution in [0.5, 0.6) is 0 Å². The van der Waals surface area contributed by atoms with Crippen molar-refractivity contribution >= 4 is 28.9 Å². The number of rotatable bonds is 1. The van der Waals surface area contributed by atoms with Crippen molar-refractivity contribution in [2.45, 2.75) is 13.8 Å². The highest BCUT2D eigenvalue weighted by Crippen LogP contribution is 2.29. The van der Waals surface area contributed by atoms with Gasteiger partial charge in [-0.2, -0.15) is 0 Å². The van der Waals surface area contributed by atoms with Crippen LogP contribution >= 0.6 is 23.2 Å². The average molecular weight is 258 g/mol. The molecule has 0 amide bonds. The molecule has 0 N–H and O–H groups in total. The van der Waals surface area contributed by atoms with Crippen LogP contribution in [0.15, 0.2) is 29.3 Å². The van der Waals surface area contributed by atoms with Crippen molar-refractivity contribution in [3.05, 3.63) is 39.4 Å². The van der Waals surface area contributed by atoms with Gasteiger partial charge < -0.3 is 0 Å². The molecule has 0 aromatic heterocycles. The normalized spacial score (nSPS) is 16.9. The Morgan fingerprint density at radius 2 is 1.88 bits per heavy atom. The van der Waals surface area contributed by atoms with E-state index in [-0.39, 0.29) is 0 Å². The quantitative estimate of drug-likeness (QED) is 0.703. The van der Waals surface area contributed by atoms with E-state index in [1.165, 1.54) is 11.1 Å². The van der Waals surface area contributed by atoms with Crippen LogP contribution < -0.4 is 5.06 Å². The number of anilines is 1. The summed E-state index contributed by atoms with van der Waals surface area (Å²) >= 11 is 11.8. The van der Waals surface area contributed by atoms with Crippen molar-refractivity contribution in [1.82, 2.24) is 0 Å². The van der Waals surface area contributed by atoms with E-state index in [2.05, 4.69) is 13.8 Å². The third kappa shape index (κ3) is 2.34. The van der Waals surface area contributed by atoms with Crippen molar-refractivity contribution in [2.24, 2.45) is 0 Å². The van der Waals surface area contributed by atoms with Crippen LogP contribution in [0.25, 0.3) is 0 Å². The van der Waals surface area contributed by atoms with Crippen LogP contribution in [0.4, 0.5) is 5.69 Å². The summed E-state index contributed by atoms with van der Waals surface area (Å²) in [7, 11) is 0. The van der Waals surface area contributed by atoms with E-state index in [4.69, 9.17) is 28.0 Å². The molecule has 0 saturated heterocycles. The predicted octanol–water partition coefficient (Wildman–Crippen LogP) is 4.08. The van der Waals surface area contributed by atoms with Gasteiger partial charge in [-0.1, -0.05) is 28.8 Å². The number of hydrogen-bond acceptors (Lipinski definition) is 2. The second-order valence-electron chi connectivity index (χ2n) is 3.97. The molecule has 1 heterocycles. The number of benzene rings is 1. The van der Waals surface area contributed by atoms with Crippen molar-refractivity contribution in [3.8, 4) is 0 Å². The number of nitrogens with zero attached hydrogens (tertiary/aromatic N) is 1. The van der Waals surface area contributed by atoms with E-state index in [1.54, 1.807) is 6.07 Å². The lowest BCUT2D eigenvalue weighted by Gasteiger charge is -2.29. The molecule has 86 valence electrons. The lowest BCUT2D eigenvalue weighted by molar-refractivity contribution is 0.122. The molecule has 1 aliphatic rings. The lowest BCUT2D eigenvalue weighted by Crippen LogP contribution is -2.31. The van der Waals surface area contributed by atoms with E-state index < -0.39 is 0 Å². The van der Waals surface area contributed by atoms with Crippen molar-refractivity contribution in [3.63, 3.8) is 0 Å². The van der Waals surface area contributed by atoms with Gasteiger partial charge in [-0.25, -0.2) is 5.06 Å². The monoisotopic (exact) mass is 257 g/mol. The lowest BCUT2D eigenvalue weighted by atomic mass is 10.1. The Morgan fingerprint density at radius 1 is 1.12 bits per heavy atom. The van der Waals surface area contributed by atoms with E-state index in [9.17, 15) is 0 Å². The van der Waals surface area contributed by atoms with Crippen LogP contribution in [-0.4, -0.2) is 13.2 Å². The maximum absolute atomic E-state index is 5.97. The molecule has 1 aliphatic heterocycles. The van der Waals surface area contributed by atoms with E-state index >= 15 is 0 Å². The summed E-state index contributed by atoms with van der Waals surface area (Å²) < 4.78 is 0. The highest BCUT2D eigenvalue weighted by molar-refractivity contribution is 6.42. The van der Waals surface area contributed by atoms with Gasteiger partial charge >= 0.3 is 0 Å². The molecule has 0 unspecified atom stereocenters. The third-order valence-electron chi connectivity index (χ3n) is 2.74. The van der Waals surface area contributed by atoms with Gasteiger partial charge in [0.2, 0.25) is 0 Å². The van der Waals surface area contributed by atoms with Crippen molar-refractivity contribution in [1.29, 1.82) is 0 Å². The molecular formula is C12H13Cl2NO. The maximum atomic E-state index is 5.97. The minimum absolute atomic E-state index is 0.548. The van der Waals surface area contributed by atoms with Crippen LogP contribution in [0, 0.1) is 0 Å². The van der Waals surface area contributed by atoms with E-state index in [0.717, 1.165) is 12.2 Å². The topological polar surface area (TPSA) is 12.5 Å². The van der Waals surface area contributed by atoms with Gasteiger partial charge in [0.25, 0.3) is 0 Å². The van der Waals surface area contributed by atoms with Crippen LogP contribution in [0.3, 0.4) is 0 Å². The first-order valence-corrected chi connectivity index (χ1v) is 5.84. The maximum Gasteiger partial charge on any atom is 0.0960 e. The molecule has 0 radical (unpaired) electrons. The molecular weight excluding hydrogens is 245 g/mol. The van der Waals surface area contributed by atoms with Gasteiger partial charge in [-0.3, -0.25) is 4.84 Å². The summed E-state index contributed by atoms with van der Waals surface area (Å²) in [4.78, 5) is 5.62. The summed E-state index contributed by atoms with van der Waals surface area (Å²) in [6.07, 6.45) is 0. The summed E-state index contributed by atoms with van der Waals surface area (Å²) in [5.74, 6) is 0. The molecule has 4 heteroatoms. The Morgan fingerprint density at radius 3 is 2.50 bits per heavy atom. The van der Waals surface area contributed by atoms with E-state index in [0.29, 0.717) is 16.7 Å². The molecule has 2 nitrogen and oxygen atoms in total. The SMILES string of the molecule is CC1=C(C)CN(c2ccc(Cl)c(Cl)c2)OC1. The minimum Gasteiger partial charge on any atom is -0.269 e. The Bertz CT molecular complexity index is 443. The molecule has 16 heavy (non-hydrogen) atoms. The van der Waals surface area contributed by atoms with E-state index in [1.807, 2.05) is 17.2 Å². The number of halogens is 2. The first-order valence-electron chi connectivity index (χ1n) is 5.08. The molecule has 0 aliphatic carbocycles. The van der Waals surface area contributed by atoms with Gasteiger partial charge in [-0.05, 0) is 37.6 Å². The highest BCUT2D eigenvalue weighted by Gasteiger charge is 2.15. The molecule has 0 atom stereocenters. The van der Waals surface area contributed by atoms with Crippen LogP contribution in [0.1, 0.15) is 13.8 Å². The largest absolute Gasteiger partial charge is 0.269 e. The van der Waals surface area contributed by atoms with Gasteiger partial charge in [0.15, 0.2) is 0 Å². The first kappa shape index (κ1) is 11.8. The average Bonchev–Trinajstić information content (AvgIpc) is 2.26. The molecule has 0 saturated carbocycles. The fraction of sp³-hybridized carbons (Fsp3) is 0.333. The Labute approximate surface area is 105 Å². The molecule has 2 rings (SSSR count). The Balaban J connectivity index is 2.23. The van der Waals surface area contributed by atoms with Crippen LogP contribution in [0.2, 0.25) is 10.0 Å². The zero-order valence-corrected chi connectivity index (χ0v) is 10.8. The zero-order chi connectivity index (χ0) is 11.7. The van der Waals surface area contributed by atoms with Crippen molar-refractivity contribution < 1.29 is 4.84 Å². The third-order valence-corrected chi connectivity index (χ3v) is 3.48. The molecule has 0 fully saturated rings. The predicted molar refractivity (Wildman–Crippen MR) is 68.1 cm³/mol. The second-order valence-corrected chi connectivity index (χ2v) is 4.78. The molecule has 0 spiro atoms. The molecule has 1 aromatic carbocycles. The summed E-state index contributed by atoms with van der Waals surface area (Å²) in [5, 5.41) is 2.95. The fourth-order valence-corrected chi connectivity index (χ4v) is 1.79. The molecule has 0 bridgehead atoms. The second kappa shape index (κ2) is 4.66. The van der Waals surface area contributed by atoms with Gasteiger partial charge in [-0.15, -0.1) is 0 Å². The van der Waals surface area contributed by atoms with Gasteiger partial charge in [0.1, 0.15) is 0 Å². The highest BCUT2D eigenvalue weighted by atomic mass is 35.5. The van der Waals surface area contributed by atoms with Gasteiger partial charge in [0, 0.05) is 0 Å². The standard InChI is InChI=1S/C12H13Cl2NO/c1-8-6-15(16-7-9(8)2)10-3-4-11(13)12(14)5-10/h3-5H,6-7H2,1-2H3. The summed E-state index contributed by atoms with van der Waals surface area (Å²) in [6.45, 7) is 5.60. The fourth-order valence-electron chi connectivity index (χ4n) is 1.50. The summed E-state index contributed by atoms with van der Waals surface area (Å²) in [6, 6.07) is 5.50. The number of hydroxylamine groups is 1. The minimum atomic E-state index is 0.548. The zero-order valence-electron chi connectivity index (χ0n) is 9.26. The Hall–Kier alpha value is -0.700. The number of hydrogen-bond donors (Lipinski definition) is 0. The Kier molecular flexibility index (Phi) is 3.43.